The fourth-order valence-electron chi connectivity index (χ4n) is 1.69. The lowest BCUT2D eigenvalue weighted by molar-refractivity contribution is -0.152. The van der Waals surface area contributed by atoms with E-state index in [1.807, 2.05) is 0 Å². The Hall–Kier alpha value is -1.46. The van der Waals surface area contributed by atoms with Gasteiger partial charge < -0.3 is 20.3 Å². The number of aromatic hydroxyl groups is 1. The average Bonchev–Trinajstić information content (AvgIpc) is 2.37. The summed E-state index contributed by atoms with van der Waals surface area (Å²) in [4.78, 5) is 11.7. The quantitative estimate of drug-likeness (QED) is 0.829. The Labute approximate surface area is 119 Å². The first-order valence-corrected chi connectivity index (χ1v) is 5.55. The van der Waals surface area contributed by atoms with E-state index in [1.54, 1.807) is 26.0 Å². The number of phenols is 1. The largest absolute Gasteiger partial charge is 0.508 e. The zero-order valence-corrected chi connectivity index (χ0v) is 12.3. The summed E-state index contributed by atoms with van der Waals surface area (Å²) in [6, 6.07) is 4.03. The molecular weight excluding hydrogens is 270 g/mol. The molecule has 0 spiro atoms. The van der Waals surface area contributed by atoms with E-state index in [1.165, 1.54) is 20.3 Å². The minimum Gasteiger partial charge on any atom is -0.508 e. The molecule has 0 bridgehead atoms. The molecule has 0 heterocycles. The van der Waals surface area contributed by atoms with Crippen molar-refractivity contribution in [2.45, 2.75) is 19.9 Å². The molecule has 6 heteroatoms. The minimum atomic E-state index is -0.946. The number of halogens is 1. The standard InChI is InChI=1S/C13H19NO4.ClH/c1-13(2,12(16)18-4)11(14)9-7-8(17-3)5-6-10(9)15;/h5-7,11,15H,14H2,1-4H3;1H/t11-;/m0./s1. The number of carbonyl (C=O) groups is 1. The molecule has 0 saturated carbocycles. The highest BCUT2D eigenvalue weighted by Gasteiger charge is 2.37. The number of benzene rings is 1. The summed E-state index contributed by atoms with van der Waals surface area (Å²) in [5, 5.41) is 9.83. The van der Waals surface area contributed by atoms with E-state index in [4.69, 9.17) is 15.2 Å². The zero-order chi connectivity index (χ0) is 13.9. The Kier molecular flexibility index (Phi) is 6.12. The lowest BCUT2D eigenvalue weighted by atomic mass is 9.80. The maximum Gasteiger partial charge on any atom is 0.313 e. The van der Waals surface area contributed by atoms with Crippen molar-refractivity contribution in [3.8, 4) is 11.5 Å². The molecule has 1 aromatic carbocycles. The van der Waals surface area contributed by atoms with Gasteiger partial charge in [-0.05, 0) is 32.0 Å². The van der Waals surface area contributed by atoms with Crippen molar-refractivity contribution in [2.75, 3.05) is 14.2 Å². The second-order valence-electron chi connectivity index (χ2n) is 4.62. The lowest BCUT2D eigenvalue weighted by Crippen LogP contribution is -2.37. The van der Waals surface area contributed by atoms with E-state index in [-0.39, 0.29) is 18.2 Å². The predicted molar refractivity (Wildman–Crippen MR) is 74.6 cm³/mol. The summed E-state index contributed by atoms with van der Waals surface area (Å²) in [5.41, 5.74) is 5.56. The SMILES string of the molecule is COC(=O)C(C)(C)[C@@H](N)c1cc(OC)ccc1O.Cl. The number of hydrogen-bond donors (Lipinski definition) is 2. The average molecular weight is 290 g/mol. The first-order valence-electron chi connectivity index (χ1n) is 5.55. The molecule has 108 valence electrons. The first-order chi connectivity index (χ1) is 8.34. The third-order valence-electron chi connectivity index (χ3n) is 3.06. The number of nitrogens with two attached hydrogens (primary N) is 1. The second-order valence-corrected chi connectivity index (χ2v) is 4.62. The molecule has 0 aromatic heterocycles. The van der Waals surface area contributed by atoms with Gasteiger partial charge in [-0.25, -0.2) is 0 Å². The monoisotopic (exact) mass is 289 g/mol. The predicted octanol–water partition coefficient (Wildman–Crippen LogP) is 2.02. The van der Waals surface area contributed by atoms with Crippen LogP contribution in [0.4, 0.5) is 0 Å². The van der Waals surface area contributed by atoms with Crippen LogP contribution in [0, 0.1) is 5.41 Å². The van der Waals surface area contributed by atoms with Crippen LogP contribution in [0.2, 0.25) is 0 Å². The number of rotatable bonds is 4. The molecule has 1 atom stereocenters. The molecule has 1 rings (SSSR count). The Morgan fingerprint density at radius 1 is 1.37 bits per heavy atom. The Morgan fingerprint density at radius 3 is 2.42 bits per heavy atom. The maximum absolute atomic E-state index is 11.7. The molecule has 0 aliphatic heterocycles. The van der Waals surface area contributed by atoms with Gasteiger partial charge in [-0.2, -0.15) is 0 Å². The van der Waals surface area contributed by atoms with Gasteiger partial charge in [-0.1, -0.05) is 0 Å². The van der Waals surface area contributed by atoms with Crippen LogP contribution in [-0.2, 0) is 9.53 Å². The van der Waals surface area contributed by atoms with Crippen molar-refractivity contribution < 1.29 is 19.4 Å². The molecule has 1 aromatic rings. The van der Waals surface area contributed by atoms with Gasteiger partial charge in [0.1, 0.15) is 11.5 Å². The van der Waals surface area contributed by atoms with Crippen molar-refractivity contribution in [1.82, 2.24) is 0 Å². The van der Waals surface area contributed by atoms with Gasteiger partial charge >= 0.3 is 5.97 Å². The number of ether oxygens (including phenoxy) is 2. The van der Waals surface area contributed by atoms with E-state index >= 15 is 0 Å². The molecule has 19 heavy (non-hydrogen) atoms. The third kappa shape index (κ3) is 3.52. The fraction of sp³-hybridized carbons (Fsp3) is 0.462. The van der Waals surface area contributed by atoms with E-state index in [2.05, 4.69) is 0 Å². The van der Waals surface area contributed by atoms with Crippen molar-refractivity contribution >= 4 is 18.4 Å². The maximum atomic E-state index is 11.7. The van der Waals surface area contributed by atoms with Gasteiger partial charge in [0, 0.05) is 11.6 Å². The molecule has 0 aliphatic rings. The second kappa shape index (κ2) is 6.63. The van der Waals surface area contributed by atoms with Crippen LogP contribution in [-0.4, -0.2) is 25.3 Å². The highest BCUT2D eigenvalue weighted by molar-refractivity contribution is 5.85. The van der Waals surface area contributed by atoms with Crippen molar-refractivity contribution in [3.63, 3.8) is 0 Å². The highest BCUT2D eigenvalue weighted by atomic mass is 35.5. The molecule has 0 radical (unpaired) electrons. The Bertz CT molecular complexity index is 448. The Balaban J connectivity index is 0.00000324. The zero-order valence-electron chi connectivity index (χ0n) is 11.5. The van der Waals surface area contributed by atoms with Crippen molar-refractivity contribution in [2.24, 2.45) is 11.1 Å². The number of hydrogen-bond acceptors (Lipinski definition) is 5. The molecule has 0 saturated heterocycles. The smallest absolute Gasteiger partial charge is 0.313 e. The summed E-state index contributed by atoms with van der Waals surface area (Å²) in [7, 11) is 2.83. The van der Waals surface area contributed by atoms with Gasteiger partial charge in [0.25, 0.3) is 0 Å². The van der Waals surface area contributed by atoms with E-state index in [9.17, 15) is 9.90 Å². The Morgan fingerprint density at radius 2 is 1.95 bits per heavy atom. The molecule has 0 unspecified atom stereocenters. The first kappa shape index (κ1) is 17.5. The number of phenolic OH excluding ortho intramolecular Hbond substituents is 1. The van der Waals surface area contributed by atoms with Gasteiger partial charge in [0.05, 0.1) is 19.6 Å². The van der Waals surface area contributed by atoms with E-state index in [0.717, 1.165) is 0 Å². The normalized spacial score (nSPS) is 12.3. The minimum absolute atomic E-state index is 0. The van der Waals surface area contributed by atoms with Crippen LogP contribution >= 0.6 is 12.4 Å². The molecular formula is C13H20ClNO4. The molecule has 3 N–H and O–H groups in total. The van der Waals surface area contributed by atoms with E-state index in [0.29, 0.717) is 11.3 Å². The third-order valence-corrected chi connectivity index (χ3v) is 3.06. The summed E-state index contributed by atoms with van der Waals surface area (Å²) in [5.74, 6) is 0.163. The topological polar surface area (TPSA) is 81.8 Å². The van der Waals surface area contributed by atoms with E-state index < -0.39 is 17.4 Å². The summed E-state index contributed by atoms with van der Waals surface area (Å²) in [6.07, 6.45) is 0. The van der Waals surface area contributed by atoms with Gasteiger partial charge in [-0.15, -0.1) is 12.4 Å². The number of carbonyl (C=O) groups excluding carboxylic acids is 1. The summed E-state index contributed by atoms with van der Waals surface area (Å²) < 4.78 is 9.80. The van der Waals surface area contributed by atoms with Gasteiger partial charge in [-0.3, -0.25) is 4.79 Å². The summed E-state index contributed by atoms with van der Waals surface area (Å²) in [6.45, 7) is 3.34. The van der Waals surface area contributed by atoms with Crippen LogP contribution in [0.3, 0.4) is 0 Å². The van der Waals surface area contributed by atoms with Crippen LogP contribution in [0.1, 0.15) is 25.5 Å². The van der Waals surface area contributed by atoms with Crippen LogP contribution in [0.15, 0.2) is 18.2 Å². The molecule has 5 nitrogen and oxygen atoms in total. The van der Waals surface area contributed by atoms with Crippen LogP contribution in [0.25, 0.3) is 0 Å². The molecule has 0 aliphatic carbocycles. The molecule has 0 amide bonds. The van der Waals surface area contributed by atoms with Gasteiger partial charge in [0.15, 0.2) is 0 Å². The number of esters is 1. The highest BCUT2D eigenvalue weighted by Crippen LogP contribution is 2.38. The van der Waals surface area contributed by atoms with Crippen LogP contribution < -0.4 is 10.5 Å². The fourth-order valence-corrected chi connectivity index (χ4v) is 1.69. The van der Waals surface area contributed by atoms with Crippen molar-refractivity contribution in [3.05, 3.63) is 23.8 Å². The van der Waals surface area contributed by atoms with Crippen LogP contribution in [0.5, 0.6) is 11.5 Å². The molecule has 0 fully saturated rings. The van der Waals surface area contributed by atoms with Gasteiger partial charge in [0.2, 0.25) is 0 Å². The summed E-state index contributed by atoms with van der Waals surface area (Å²) >= 11 is 0. The lowest BCUT2D eigenvalue weighted by Gasteiger charge is -2.29. The van der Waals surface area contributed by atoms with Crippen molar-refractivity contribution in [1.29, 1.82) is 0 Å². The number of methoxy groups -OCH3 is 2.